The SMILES string of the molecule is CS(=O)(=O)O[C@H]1[C@@H](OC(=O)c2ccccc2)[C@H](OC(=O)c2ccccc2)[C@@H](COC(=O)c2ccccc2)O[C@@H]1S[C@@H]1O[C@H](COC(=O)c2ccccc2)[C@@H](OC(=O)c2ccccc2)[C@H](OC(=O)c2ccccc2)[C@H]1OC(=O)c1ccccc1. The van der Waals surface area contributed by atoms with Crippen molar-refractivity contribution in [2.24, 2.45) is 0 Å². The van der Waals surface area contributed by atoms with Gasteiger partial charge in [0.05, 0.1) is 45.2 Å². The summed E-state index contributed by atoms with van der Waals surface area (Å²) in [4.78, 5) is 99.1. The second kappa shape index (κ2) is 27.7. The summed E-state index contributed by atoms with van der Waals surface area (Å²) in [6.45, 7) is -1.49. The molecular weight excluding hydrogens is 1110 g/mol. The molecule has 0 radical (unpaired) electrons. The molecule has 7 aromatic rings. The van der Waals surface area contributed by atoms with Crippen LogP contribution in [0, 0.1) is 0 Å². The summed E-state index contributed by atoms with van der Waals surface area (Å²) in [5.41, 5.74) is -3.40. The fraction of sp³-hybridized carbons (Fsp3) is 0.210. The number of hydrogen-bond donors (Lipinski definition) is 0. The van der Waals surface area contributed by atoms with Gasteiger partial charge in [-0.2, -0.15) is 8.42 Å². The lowest BCUT2D eigenvalue weighted by Gasteiger charge is -2.48. The van der Waals surface area contributed by atoms with Crippen molar-refractivity contribution in [2.45, 2.75) is 59.7 Å². The summed E-state index contributed by atoms with van der Waals surface area (Å²) in [6, 6.07) is 53.8. The number of carbonyl (C=O) groups excluding carboxylic acids is 7. The number of rotatable bonds is 20. The normalized spacial score (nSPS) is 22.1. The smallest absolute Gasteiger partial charge is 0.338 e. The first-order chi connectivity index (χ1) is 40.2. The molecule has 0 aliphatic carbocycles. The lowest BCUT2D eigenvalue weighted by molar-refractivity contribution is -0.212. The van der Waals surface area contributed by atoms with E-state index in [9.17, 15) is 42.0 Å². The van der Waals surface area contributed by atoms with E-state index in [4.69, 9.17) is 46.8 Å². The van der Waals surface area contributed by atoms with Crippen LogP contribution < -0.4 is 0 Å². The quantitative estimate of drug-likeness (QED) is 0.0395. The predicted molar refractivity (Wildman–Crippen MR) is 296 cm³/mol. The minimum absolute atomic E-state index is 0.000750. The van der Waals surface area contributed by atoms with Crippen LogP contribution in [0.25, 0.3) is 0 Å². The van der Waals surface area contributed by atoms with Crippen LogP contribution in [0.3, 0.4) is 0 Å². The maximum Gasteiger partial charge on any atom is 0.338 e. The molecule has 0 unspecified atom stereocenters. The van der Waals surface area contributed by atoms with Crippen LogP contribution in [0.1, 0.15) is 72.5 Å². The van der Waals surface area contributed by atoms with Crippen LogP contribution in [0.15, 0.2) is 212 Å². The molecular formula is C62H52O19S2. The molecule has 19 nitrogen and oxygen atoms in total. The van der Waals surface area contributed by atoms with Gasteiger partial charge >= 0.3 is 41.8 Å². The first kappa shape index (κ1) is 58.7. The Kier molecular flexibility index (Phi) is 19.5. The van der Waals surface area contributed by atoms with Crippen molar-refractivity contribution in [3.05, 3.63) is 251 Å². The summed E-state index contributed by atoms with van der Waals surface area (Å²) in [7, 11) is -4.66. The summed E-state index contributed by atoms with van der Waals surface area (Å²) >= 11 is 0.537. The standard InChI is InChI=1S/C62H52O19S2/c1-83(70,71)81-53-51(79-59(68)44-33-19-7-20-34-44)49(77-57(66)42-29-15-5-16-30-42)47(38-73-55(64)40-25-11-3-12-26-40)75-62(53)82-61-52(80-60(69)45-35-21-8-22-36-45)50(78-58(67)43-31-17-6-18-32-43)48(76-56(65)41-27-13-4-14-28-41)46(74-61)37-72-54(63)39-23-9-2-10-24-39/h2-36,46-53,61-62H,37-38H2,1H3/t46-,47-,48-,49-,50+,51+,52-,53+,61+,62-/m1/s1. The molecule has 0 spiro atoms. The highest BCUT2D eigenvalue weighted by Gasteiger charge is 2.58. The van der Waals surface area contributed by atoms with E-state index in [1.165, 1.54) is 84.9 Å². The first-order valence-corrected chi connectivity index (χ1v) is 28.5. The number of benzene rings is 7. The highest BCUT2D eigenvalue weighted by Crippen LogP contribution is 2.43. The Labute approximate surface area is 480 Å². The van der Waals surface area contributed by atoms with E-state index in [0.29, 0.717) is 18.0 Å². The minimum atomic E-state index is -4.66. The van der Waals surface area contributed by atoms with Gasteiger partial charge in [0.2, 0.25) is 0 Å². The van der Waals surface area contributed by atoms with Gasteiger partial charge in [-0.25, -0.2) is 33.6 Å². The van der Waals surface area contributed by atoms with Gasteiger partial charge in [-0.3, -0.25) is 4.18 Å². The molecule has 0 bridgehead atoms. The molecule has 2 aliphatic rings. The zero-order chi connectivity index (χ0) is 58.3. The van der Waals surface area contributed by atoms with Gasteiger partial charge in [-0.05, 0) is 84.9 Å². The Morgan fingerprint density at radius 3 is 0.843 bits per heavy atom. The van der Waals surface area contributed by atoms with E-state index >= 15 is 0 Å². The third kappa shape index (κ3) is 15.5. The van der Waals surface area contributed by atoms with Crippen molar-refractivity contribution < 1.29 is 88.8 Å². The number of hydrogen-bond acceptors (Lipinski definition) is 20. The van der Waals surface area contributed by atoms with E-state index in [1.54, 1.807) is 127 Å². The minimum Gasteiger partial charge on any atom is -0.459 e. The van der Waals surface area contributed by atoms with Crippen LogP contribution >= 0.6 is 11.8 Å². The molecule has 2 saturated heterocycles. The molecule has 2 aliphatic heterocycles. The fourth-order valence-electron chi connectivity index (χ4n) is 8.82. The summed E-state index contributed by atoms with van der Waals surface area (Å²) < 4.78 is 89.3. The summed E-state index contributed by atoms with van der Waals surface area (Å²) in [6.07, 6.45) is -14.0. The molecule has 2 fully saturated rings. The largest absolute Gasteiger partial charge is 0.459 e. The zero-order valence-corrected chi connectivity index (χ0v) is 45.6. The summed E-state index contributed by atoms with van der Waals surface area (Å²) in [5.74, 6) is -6.77. The fourth-order valence-corrected chi connectivity index (χ4v) is 10.9. The molecule has 0 aromatic heterocycles. The molecule has 0 saturated carbocycles. The highest BCUT2D eigenvalue weighted by molar-refractivity contribution is 8.00. The van der Waals surface area contributed by atoms with Gasteiger partial charge in [-0.15, -0.1) is 0 Å². The van der Waals surface area contributed by atoms with Crippen molar-refractivity contribution >= 4 is 63.7 Å². The third-order valence-electron chi connectivity index (χ3n) is 12.8. The molecule has 0 amide bonds. The second-order valence-electron chi connectivity index (χ2n) is 18.6. The number of carbonyl (C=O) groups is 7. The van der Waals surface area contributed by atoms with Crippen LogP contribution in [0.4, 0.5) is 0 Å². The number of esters is 7. The maximum absolute atomic E-state index is 14.5. The number of ether oxygens (including phenoxy) is 9. The van der Waals surface area contributed by atoms with E-state index in [2.05, 4.69) is 0 Å². The van der Waals surface area contributed by atoms with E-state index < -0.39 is 125 Å². The molecule has 7 aromatic carbocycles. The van der Waals surface area contributed by atoms with Crippen LogP contribution in [-0.4, -0.2) is 129 Å². The van der Waals surface area contributed by atoms with Gasteiger partial charge in [0, 0.05) is 0 Å². The van der Waals surface area contributed by atoms with E-state index in [0.717, 1.165) is 0 Å². The topological polar surface area (TPSA) is 246 Å². The van der Waals surface area contributed by atoms with E-state index in [-0.39, 0.29) is 38.9 Å². The van der Waals surface area contributed by atoms with Crippen LogP contribution in [0.2, 0.25) is 0 Å². The van der Waals surface area contributed by atoms with Gasteiger partial charge in [0.1, 0.15) is 36.3 Å². The van der Waals surface area contributed by atoms with Gasteiger partial charge in [0.15, 0.2) is 36.6 Å². The predicted octanol–water partition coefficient (Wildman–Crippen LogP) is 8.36. The molecule has 21 heteroatoms. The van der Waals surface area contributed by atoms with E-state index in [1.807, 2.05) is 0 Å². The molecule has 83 heavy (non-hydrogen) atoms. The Bertz CT molecular complexity index is 3460. The Morgan fingerprint density at radius 2 is 0.566 bits per heavy atom. The highest BCUT2D eigenvalue weighted by atomic mass is 32.2. The lowest BCUT2D eigenvalue weighted by Crippen LogP contribution is -2.64. The molecule has 2 heterocycles. The van der Waals surface area contributed by atoms with Crippen molar-refractivity contribution in [1.82, 2.24) is 0 Å². The first-order valence-electron chi connectivity index (χ1n) is 25.8. The maximum atomic E-state index is 14.5. The average Bonchev–Trinajstić information content (AvgIpc) is 3.67. The molecule has 10 atom stereocenters. The lowest BCUT2D eigenvalue weighted by atomic mass is 9.98. The zero-order valence-electron chi connectivity index (χ0n) is 44.0. The monoisotopic (exact) mass is 1160 g/mol. The molecule has 426 valence electrons. The Hall–Kier alpha value is -8.99. The van der Waals surface area contributed by atoms with Crippen LogP contribution in [-0.2, 0) is 56.9 Å². The van der Waals surface area contributed by atoms with Crippen molar-refractivity contribution in [1.29, 1.82) is 0 Å². The second-order valence-corrected chi connectivity index (χ2v) is 21.4. The molecule has 9 rings (SSSR count). The average molecular weight is 1170 g/mol. The summed E-state index contributed by atoms with van der Waals surface area (Å²) in [5, 5.41) is 0. The van der Waals surface area contributed by atoms with Gasteiger partial charge in [-0.1, -0.05) is 139 Å². The van der Waals surface area contributed by atoms with Gasteiger partial charge < -0.3 is 42.6 Å². The van der Waals surface area contributed by atoms with Gasteiger partial charge in [0.25, 0.3) is 10.1 Å². The molecule has 0 N–H and O–H groups in total. The van der Waals surface area contributed by atoms with Crippen molar-refractivity contribution in [3.8, 4) is 0 Å². The third-order valence-corrected chi connectivity index (χ3v) is 14.6. The van der Waals surface area contributed by atoms with Crippen molar-refractivity contribution in [3.63, 3.8) is 0 Å². The van der Waals surface area contributed by atoms with Crippen LogP contribution in [0.5, 0.6) is 0 Å². The van der Waals surface area contributed by atoms with Crippen molar-refractivity contribution in [2.75, 3.05) is 19.5 Å². The Morgan fingerprint density at radius 1 is 0.337 bits per heavy atom. The number of thioether (sulfide) groups is 1. The Balaban J connectivity index is 1.19.